The second kappa shape index (κ2) is 8.29. The Labute approximate surface area is 219 Å². The van der Waals surface area contributed by atoms with E-state index in [0.717, 1.165) is 33.3 Å². The molecule has 0 N–H and O–H groups in total. The number of nitriles is 2. The first-order valence-corrected chi connectivity index (χ1v) is 12.2. The van der Waals surface area contributed by atoms with Crippen LogP contribution in [0.5, 0.6) is 0 Å². The molecule has 0 radical (unpaired) electrons. The number of hydrogen-bond acceptors (Lipinski definition) is 6. The second-order valence-corrected chi connectivity index (χ2v) is 9.69. The van der Waals surface area contributed by atoms with Crippen LogP contribution >= 0.6 is 0 Å². The van der Waals surface area contributed by atoms with E-state index in [4.69, 9.17) is 8.83 Å². The van der Waals surface area contributed by atoms with Crippen LogP contribution < -0.4 is 10.7 Å². The molecule has 4 aromatic heterocycles. The highest BCUT2D eigenvalue weighted by molar-refractivity contribution is 6.14. The van der Waals surface area contributed by atoms with Gasteiger partial charge in [-0.15, -0.1) is 0 Å². The maximum absolute atomic E-state index is 10.3. The Kier molecular flexibility index (Phi) is 5.12. The SMILES string of the molecule is Bn1c(C)c2/c(=C(\C#N)c3nc4cc(C)ccc4o3)n(B)c(C)c2/c1=C(\C#N)c1nc2cc(C)ccc2o1. The molecule has 6 aromatic rings. The van der Waals surface area contributed by atoms with E-state index in [2.05, 4.69) is 22.1 Å². The molecule has 0 unspecified atom stereocenters. The number of rotatable bonds is 2. The minimum absolute atomic E-state index is 0.263. The lowest BCUT2D eigenvalue weighted by Crippen LogP contribution is -2.23. The lowest BCUT2D eigenvalue weighted by Gasteiger charge is -2.04. The summed E-state index contributed by atoms with van der Waals surface area (Å²) in [5, 5.41) is 23.7. The summed E-state index contributed by atoms with van der Waals surface area (Å²) in [6.07, 6.45) is 0. The van der Waals surface area contributed by atoms with Crippen LogP contribution in [0.4, 0.5) is 0 Å². The van der Waals surface area contributed by atoms with Gasteiger partial charge in [0, 0.05) is 22.2 Å². The van der Waals surface area contributed by atoms with Gasteiger partial charge in [0.05, 0.1) is 10.7 Å². The summed E-state index contributed by atoms with van der Waals surface area (Å²) in [5.41, 5.74) is 7.22. The Morgan fingerprint density at radius 2 is 1.11 bits per heavy atom. The molecule has 6 rings (SSSR count). The molecule has 0 spiro atoms. The fraction of sp³-hybridized carbons (Fsp3) is 0.143. The molecule has 4 heterocycles. The Balaban J connectivity index is 1.75. The molecule has 38 heavy (non-hydrogen) atoms. The molecule has 0 fully saturated rings. The van der Waals surface area contributed by atoms with Crippen LogP contribution in [0.1, 0.15) is 34.3 Å². The zero-order chi connectivity index (χ0) is 26.9. The highest BCUT2D eigenvalue weighted by atomic mass is 16.4. The molecule has 0 aliphatic rings. The number of benzene rings is 2. The summed E-state index contributed by atoms with van der Waals surface area (Å²) in [6.45, 7) is 7.93. The van der Waals surface area contributed by atoms with E-state index in [9.17, 15) is 10.5 Å². The van der Waals surface area contributed by atoms with E-state index in [1.807, 2.05) is 89.0 Å². The number of aromatic nitrogens is 4. The number of nitrogens with zero attached hydrogens (tertiary/aromatic N) is 6. The van der Waals surface area contributed by atoms with Crippen LogP contribution in [0.15, 0.2) is 45.2 Å². The maximum Gasteiger partial charge on any atom is 0.240 e. The van der Waals surface area contributed by atoms with Gasteiger partial charge in [-0.2, -0.15) is 10.5 Å². The molecule has 8 nitrogen and oxygen atoms in total. The predicted molar refractivity (Wildman–Crippen MR) is 150 cm³/mol. The van der Waals surface area contributed by atoms with Crippen LogP contribution in [0.3, 0.4) is 0 Å². The summed E-state index contributed by atoms with van der Waals surface area (Å²) < 4.78 is 16.0. The summed E-state index contributed by atoms with van der Waals surface area (Å²) in [4.78, 5) is 9.28. The fourth-order valence-corrected chi connectivity index (χ4v) is 5.23. The lowest BCUT2D eigenvalue weighted by atomic mass is 10.1. The summed E-state index contributed by atoms with van der Waals surface area (Å²) in [5.74, 6) is 0.526. The molecular formula is C28H22B2N6O2. The third-order valence-corrected chi connectivity index (χ3v) is 7.34. The van der Waals surface area contributed by atoms with Crippen LogP contribution in [0, 0.1) is 50.4 Å². The van der Waals surface area contributed by atoms with Crippen LogP contribution in [0.25, 0.3) is 44.1 Å². The van der Waals surface area contributed by atoms with Crippen molar-refractivity contribution in [1.29, 1.82) is 10.5 Å². The van der Waals surface area contributed by atoms with Crippen molar-refractivity contribution in [2.24, 2.45) is 0 Å². The van der Waals surface area contributed by atoms with E-state index in [1.165, 1.54) is 0 Å². The van der Waals surface area contributed by atoms with Crippen molar-refractivity contribution >= 4 is 60.1 Å². The minimum atomic E-state index is 0.263. The van der Waals surface area contributed by atoms with Gasteiger partial charge in [-0.05, 0) is 63.1 Å². The molecule has 0 saturated carbocycles. The van der Waals surface area contributed by atoms with Gasteiger partial charge in [0.15, 0.2) is 11.2 Å². The molecule has 0 aliphatic carbocycles. The average Bonchev–Trinajstić information content (AvgIpc) is 3.62. The van der Waals surface area contributed by atoms with Gasteiger partial charge < -0.3 is 17.8 Å². The summed E-state index contributed by atoms with van der Waals surface area (Å²) >= 11 is 0. The molecule has 0 saturated heterocycles. The van der Waals surface area contributed by atoms with Crippen LogP contribution in [0.2, 0.25) is 0 Å². The van der Waals surface area contributed by atoms with E-state index in [-0.39, 0.29) is 11.8 Å². The zero-order valence-corrected chi connectivity index (χ0v) is 22.0. The van der Waals surface area contributed by atoms with Crippen molar-refractivity contribution in [1.82, 2.24) is 18.9 Å². The number of oxazole rings is 2. The second-order valence-electron chi connectivity index (χ2n) is 9.69. The Hall–Kier alpha value is -4.95. The van der Waals surface area contributed by atoms with Gasteiger partial charge in [0.1, 0.15) is 34.3 Å². The van der Waals surface area contributed by atoms with E-state index in [1.54, 1.807) is 0 Å². The maximum atomic E-state index is 10.3. The monoisotopic (exact) mass is 496 g/mol. The average molecular weight is 496 g/mol. The van der Waals surface area contributed by atoms with Crippen molar-refractivity contribution in [2.45, 2.75) is 27.7 Å². The van der Waals surface area contributed by atoms with Gasteiger partial charge in [0.25, 0.3) is 0 Å². The van der Waals surface area contributed by atoms with Crippen molar-refractivity contribution < 1.29 is 8.83 Å². The minimum Gasteiger partial charge on any atom is -0.435 e. The van der Waals surface area contributed by atoms with E-state index in [0.29, 0.717) is 44.0 Å². The first-order chi connectivity index (χ1) is 18.2. The van der Waals surface area contributed by atoms with Crippen molar-refractivity contribution in [2.75, 3.05) is 0 Å². The molecular weight excluding hydrogens is 474 g/mol. The number of hydrogen-bond donors (Lipinski definition) is 0. The number of fused-ring (bicyclic) bond motifs is 3. The van der Waals surface area contributed by atoms with Gasteiger partial charge in [-0.3, -0.25) is 0 Å². The zero-order valence-electron chi connectivity index (χ0n) is 22.0. The third-order valence-electron chi connectivity index (χ3n) is 7.34. The highest BCUT2D eigenvalue weighted by Gasteiger charge is 2.24. The fourth-order valence-electron chi connectivity index (χ4n) is 5.23. The van der Waals surface area contributed by atoms with Crippen LogP contribution in [-0.4, -0.2) is 34.9 Å². The molecule has 182 valence electrons. The lowest BCUT2D eigenvalue weighted by molar-refractivity contribution is 0.585. The Bertz CT molecular complexity index is 2020. The first-order valence-electron chi connectivity index (χ1n) is 12.2. The van der Waals surface area contributed by atoms with E-state index >= 15 is 0 Å². The Morgan fingerprint density at radius 1 is 0.711 bits per heavy atom. The van der Waals surface area contributed by atoms with E-state index < -0.39 is 0 Å². The summed E-state index contributed by atoms with van der Waals surface area (Å²) in [6, 6.07) is 16.2. The van der Waals surface area contributed by atoms with Gasteiger partial charge >= 0.3 is 0 Å². The largest absolute Gasteiger partial charge is 0.435 e. The molecule has 0 bridgehead atoms. The normalized spacial score (nSPS) is 13.2. The predicted octanol–water partition coefficient (Wildman–Crippen LogP) is 2.20. The topological polar surface area (TPSA) is 110 Å². The molecule has 0 amide bonds. The smallest absolute Gasteiger partial charge is 0.240 e. The van der Waals surface area contributed by atoms with Gasteiger partial charge in [0.2, 0.25) is 27.7 Å². The van der Waals surface area contributed by atoms with Crippen LogP contribution in [-0.2, 0) is 0 Å². The molecule has 0 atom stereocenters. The first kappa shape index (κ1) is 23.4. The third kappa shape index (κ3) is 3.24. The van der Waals surface area contributed by atoms with Gasteiger partial charge in [-0.1, -0.05) is 12.1 Å². The molecule has 2 aromatic carbocycles. The Morgan fingerprint density at radius 3 is 1.47 bits per heavy atom. The van der Waals surface area contributed by atoms with Crippen molar-refractivity contribution in [3.05, 3.63) is 81.4 Å². The van der Waals surface area contributed by atoms with Gasteiger partial charge in [-0.25, -0.2) is 9.97 Å². The molecule has 0 aliphatic heterocycles. The standard InChI is InChI=1S/C28H22B2N6O2/c1-13-5-7-21-19(9-13)33-27(37-21)17(11-31)25-23-15(3)36(30)26(24(23)16(4)35(25)29)18(12-32)28-34-20-10-14(2)6-8-22(20)38-28/h5-10H,29-30H2,1-4H3/b25-17-,26-18-. The summed E-state index contributed by atoms with van der Waals surface area (Å²) in [7, 11) is 3.82. The highest BCUT2D eigenvalue weighted by Crippen LogP contribution is 2.25. The van der Waals surface area contributed by atoms with Crippen molar-refractivity contribution in [3.63, 3.8) is 0 Å². The van der Waals surface area contributed by atoms with Crippen molar-refractivity contribution in [3.8, 4) is 12.1 Å². The molecule has 10 heteroatoms. The number of aryl methyl sites for hydroxylation is 4. The quantitative estimate of drug-likeness (QED) is 0.340.